The summed E-state index contributed by atoms with van der Waals surface area (Å²) >= 11 is 12.3. The second kappa shape index (κ2) is 8.27. The third kappa shape index (κ3) is 4.34. The van der Waals surface area contributed by atoms with Gasteiger partial charge in [0.05, 0.1) is 18.2 Å². The van der Waals surface area contributed by atoms with Crippen LogP contribution >= 0.6 is 23.2 Å². The summed E-state index contributed by atoms with van der Waals surface area (Å²) in [6, 6.07) is 8.51. The van der Waals surface area contributed by atoms with Gasteiger partial charge in [0.2, 0.25) is 0 Å². The molecule has 0 saturated carbocycles. The molecule has 2 rings (SSSR count). The van der Waals surface area contributed by atoms with Gasteiger partial charge in [-0.15, -0.1) is 0 Å². The zero-order valence-electron chi connectivity index (χ0n) is 13.8. The van der Waals surface area contributed by atoms with E-state index in [1.807, 2.05) is 26.8 Å². The Labute approximate surface area is 151 Å². The average Bonchev–Trinajstić information content (AvgIpc) is 2.54. The lowest BCUT2D eigenvalue weighted by atomic mass is 10.1. The molecular weight excluding hydrogens is 349 g/mol. The molecule has 0 radical (unpaired) electrons. The van der Waals surface area contributed by atoms with E-state index in [9.17, 15) is 4.79 Å². The quantitative estimate of drug-likeness (QED) is 0.748. The maximum atomic E-state index is 12.5. The van der Waals surface area contributed by atoms with Crippen LogP contribution in [0.1, 0.15) is 29.8 Å². The standard InChI is InChI=1S/C18H19Cl2NO3/c1-4-23-16-9-12(8-15(20)17(16)24-5-2)18(22)21-13-7-6-11(3)14(19)10-13/h6-10H,4-5H2,1-3H3,(H,21,22). The number of halogens is 2. The molecular formula is C18H19Cl2NO3. The first-order valence-corrected chi connectivity index (χ1v) is 8.38. The van der Waals surface area contributed by atoms with Gasteiger partial charge < -0.3 is 14.8 Å². The summed E-state index contributed by atoms with van der Waals surface area (Å²) in [5.74, 6) is 0.579. The van der Waals surface area contributed by atoms with E-state index in [0.29, 0.717) is 46.0 Å². The lowest BCUT2D eigenvalue weighted by molar-refractivity contribution is 0.102. The molecule has 0 aromatic heterocycles. The summed E-state index contributed by atoms with van der Waals surface area (Å²) in [6.45, 7) is 6.50. The normalized spacial score (nSPS) is 10.4. The predicted molar refractivity (Wildman–Crippen MR) is 97.9 cm³/mol. The number of hydrogen-bond donors (Lipinski definition) is 1. The molecule has 0 aliphatic rings. The van der Waals surface area contributed by atoms with Crippen LogP contribution in [0.25, 0.3) is 0 Å². The highest BCUT2D eigenvalue weighted by Crippen LogP contribution is 2.37. The lowest BCUT2D eigenvalue weighted by Gasteiger charge is -2.14. The lowest BCUT2D eigenvalue weighted by Crippen LogP contribution is -2.12. The van der Waals surface area contributed by atoms with Crippen LogP contribution in [0.5, 0.6) is 11.5 Å². The van der Waals surface area contributed by atoms with Crippen LogP contribution in [0, 0.1) is 6.92 Å². The summed E-state index contributed by atoms with van der Waals surface area (Å²) in [7, 11) is 0. The minimum Gasteiger partial charge on any atom is -0.490 e. The van der Waals surface area contributed by atoms with Crippen molar-refractivity contribution in [3.8, 4) is 11.5 Å². The van der Waals surface area contributed by atoms with Crippen molar-refractivity contribution in [2.75, 3.05) is 18.5 Å². The van der Waals surface area contributed by atoms with Crippen LogP contribution in [0.4, 0.5) is 5.69 Å². The van der Waals surface area contributed by atoms with Gasteiger partial charge in [0.1, 0.15) is 0 Å². The highest BCUT2D eigenvalue weighted by molar-refractivity contribution is 6.33. The Morgan fingerprint density at radius 3 is 2.38 bits per heavy atom. The zero-order valence-corrected chi connectivity index (χ0v) is 15.3. The van der Waals surface area contributed by atoms with Crippen LogP contribution in [0.15, 0.2) is 30.3 Å². The highest BCUT2D eigenvalue weighted by atomic mass is 35.5. The maximum Gasteiger partial charge on any atom is 0.255 e. The Kier molecular flexibility index (Phi) is 6.35. The van der Waals surface area contributed by atoms with Crippen LogP contribution in [-0.2, 0) is 0 Å². The molecule has 0 bridgehead atoms. The van der Waals surface area contributed by atoms with E-state index in [1.54, 1.807) is 24.3 Å². The number of hydrogen-bond acceptors (Lipinski definition) is 3. The van der Waals surface area contributed by atoms with Gasteiger partial charge in [0.15, 0.2) is 11.5 Å². The Balaban J connectivity index is 2.29. The molecule has 4 nitrogen and oxygen atoms in total. The fraction of sp³-hybridized carbons (Fsp3) is 0.278. The minimum atomic E-state index is -0.305. The molecule has 0 atom stereocenters. The SMILES string of the molecule is CCOc1cc(C(=O)Nc2ccc(C)c(Cl)c2)cc(Cl)c1OCC. The van der Waals surface area contributed by atoms with Crippen LogP contribution in [-0.4, -0.2) is 19.1 Å². The van der Waals surface area contributed by atoms with Gasteiger partial charge in [-0.1, -0.05) is 29.3 Å². The minimum absolute atomic E-state index is 0.305. The molecule has 0 unspecified atom stereocenters. The van der Waals surface area contributed by atoms with Crippen LogP contribution < -0.4 is 14.8 Å². The smallest absolute Gasteiger partial charge is 0.255 e. The number of nitrogens with one attached hydrogen (secondary N) is 1. The molecule has 0 spiro atoms. The largest absolute Gasteiger partial charge is 0.490 e. The Hall–Kier alpha value is -1.91. The molecule has 0 aliphatic carbocycles. The fourth-order valence-corrected chi connectivity index (χ4v) is 2.57. The van der Waals surface area contributed by atoms with Crippen molar-refractivity contribution >= 4 is 34.8 Å². The Morgan fingerprint density at radius 1 is 1.04 bits per heavy atom. The number of benzene rings is 2. The first-order valence-electron chi connectivity index (χ1n) is 7.62. The molecule has 0 aliphatic heterocycles. The monoisotopic (exact) mass is 367 g/mol. The molecule has 0 heterocycles. The van der Waals surface area contributed by atoms with Crippen molar-refractivity contribution in [1.82, 2.24) is 0 Å². The third-order valence-corrected chi connectivity index (χ3v) is 3.98. The molecule has 1 N–H and O–H groups in total. The molecule has 2 aromatic rings. The average molecular weight is 368 g/mol. The number of carbonyl (C=O) groups excluding carboxylic acids is 1. The number of anilines is 1. The number of carbonyl (C=O) groups is 1. The van der Waals surface area contributed by atoms with Gasteiger partial charge in [-0.05, 0) is 50.6 Å². The van der Waals surface area contributed by atoms with E-state index in [1.165, 1.54) is 0 Å². The fourth-order valence-electron chi connectivity index (χ4n) is 2.12. The van der Waals surface area contributed by atoms with E-state index in [4.69, 9.17) is 32.7 Å². The number of rotatable bonds is 6. The van der Waals surface area contributed by atoms with E-state index in [2.05, 4.69) is 5.32 Å². The van der Waals surface area contributed by atoms with Crippen molar-refractivity contribution in [1.29, 1.82) is 0 Å². The van der Waals surface area contributed by atoms with Gasteiger partial charge >= 0.3 is 0 Å². The second-order valence-corrected chi connectivity index (χ2v) is 5.88. The second-order valence-electron chi connectivity index (χ2n) is 5.07. The molecule has 1 amide bonds. The van der Waals surface area contributed by atoms with Crippen LogP contribution in [0.2, 0.25) is 10.0 Å². The van der Waals surface area contributed by atoms with Crippen molar-refractivity contribution in [3.05, 3.63) is 51.5 Å². The van der Waals surface area contributed by atoms with E-state index < -0.39 is 0 Å². The van der Waals surface area contributed by atoms with Gasteiger partial charge in [0.25, 0.3) is 5.91 Å². The van der Waals surface area contributed by atoms with E-state index in [-0.39, 0.29) is 5.91 Å². The van der Waals surface area contributed by atoms with Crippen molar-refractivity contribution in [3.63, 3.8) is 0 Å². The van der Waals surface area contributed by atoms with Gasteiger partial charge in [0, 0.05) is 16.3 Å². The molecule has 0 fully saturated rings. The summed E-state index contributed by atoms with van der Waals surface area (Å²) in [5, 5.41) is 3.71. The van der Waals surface area contributed by atoms with Gasteiger partial charge in [-0.3, -0.25) is 4.79 Å². The van der Waals surface area contributed by atoms with E-state index >= 15 is 0 Å². The van der Waals surface area contributed by atoms with Crippen molar-refractivity contribution < 1.29 is 14.3 Å². The zero-order chi connectivity index (χ0) is 17.7. The summed E-state index contributed by atoms with van der Waals surface area (Å²) in [5.41, 5.74) is 1.93. The molecule has 6 heteroatoms. The summed E-state index contributed by atoms with van der Waals surface area (Å²) in [6.07, 6.45) is 0. The predicted octanol–water partition coefficient (Wildman–Crippen LogP) is 5.35. The molecule has 24 heavy (non-hydrogen) atoms. The number of aryl methyl sites for hydroxylation is 1. The van der Waals surface area contributed by atoms with Crippen LogP contribution in [0.3, 0.4) is 0 Å². The summed E-state index contributed by atoms with van der Waals surface area (Å²) in [4.78, 5) is 12.5. The van der Waals surface area contributed by atoms with Crippen molar-refractivity contribution in [2.24, 2.45) is 0 Å². The molecule has 0 saturated heterocycles. The first kappa shape index (κ1) is 18.4. The Bertz CT molecular complexity index is 747. The van der Waals surface area contributed by atoms with Crippen molar-refractivity contribution in [2.45, 2.75) is 20.8 Å². The highest BCUT2D eigenvalue weighted by Gasteiger charge is 2.16. The molecule has 2 aromatic carbocycles. The summed E-state index contributed by atoms with van der Waals surface area (Å²) < 4.78 is 11.0. The first-order chi connectivity index (χ1) is 11.5. The Morgan fingerprint density at radius 2 is 1.75 bits per heavy atom. The number of ether oxygens (including phenoxy) is 2. The van der Waals surface area contributed by atoms with Gasteiger partial charge in [-0.25, -0.2) is 0 Å². The van der Waals surface area contributed by atoms with Gasteiger partial charge in [-0.2, -0.15) is 0 Å². The van der Waals surface area contributed by atoms with E-state index in [0.717, 1.165) is 5.56 Å². The topological polar surface area (TPSA) is 47.6 Å². The molecule has 128 valence electrons. The number of amides is 1. The maximum absolute atomic E-state index is 12.5. The third-order valence-electron chi connectivity index (χ3n) is 3.29.